The second-order valence-electron chi connectivity index (χ2n) is 4.33. The van der Waals surface area contributed by atoms with Gasteiger partial charge in [0.15, 0.2) is 0 Å². The lowest BCUT2D eigenvalue weighted by Crippen LogP contribution is -1.97. The van der Waals surface area contributed by atoms with Gasteiger partial charge < -0.3 is 0 Å². The third-order valence-corrected chi connectivity index (χ3v) is 3.83. The zero-order valence-corrected chi connectivity index (χ0v) is 12.3. The highest BCUT2D eigenvalue weighted by molar-refractivity contribution is 7.99. The van der Waals surface area contributed by atoms with Crippen LogP contribution in [0.5, 0.6) is 0 Å². The second kappa shape index (κ2) is 5.90. The van der Waals surface area contributed by atoms with E-state index in [1.165, 1.54) is 22.5 Å². The number of nitrogens with zero attached hydrogens (tertiary/aromatic N) is 6. The molecule has 0 amide bonds. The average molecular weight is 314 g/mol. The van der Waals surface area contributed by atoms with Crippen LogP contribution in [0.1, 0.15) is 0 Å². The van der Waals surface area contributed by atoms with Gasteiger partial charge in [-0.05, 0) is 28.3 Å². The van der Waals surface area contributed by atoms with Crippen LogP contribution in [0.3, 0.4) is 0 Å². The molecular formula is C13H10N6O2S. The molecule has 9 heteroatoms. The van der Waals surface area contributed by atoms with E-state index in [4.69, 9.17) is 0 Å². The van der Waals surface area contributed by atoms with E-state index < -0.39 is 4.92 Å². The van der Waals surface area contributed by atoms with Gasteiger partial charge in [-0.3, -0.25) is 10.1 Å². The Morgan fingerprint density at radius 2 is 1.95 bits per heavy atom. The van der Waals surface area contributed by atoms with Gasteiger partial charge >= 0.3 is 0 Å². The Labute approximate surface area is 129 Å². The van der Waals surface area contributed by atoms with Gasteiger partial charge in [-0.25, -0.2) is 9.67 Å². The smallest absolute Gasteiger partial charge is 0.258 e. The summed E-state index contributed by atoms with van der Waals surface area (Å²) in [7, 11) is 1.71. The van der Waals surface area contributed by atoms with Gasteiger partial charge in [0.05, 0.1) is 4.92 Å². The molecule has 2 aromatic heterocycles. The summed E-state index contributed by atoms with van der Waals surface area (Å²) < 4.78 is 1.51. The highest BCUT2D eigenvalue weighted by Gasteiger charge is 2.18. The molecule has 0 spiro atoms. The summed E-state index contributed by atoms with van der Waals surface area (Å²) >= 11 is 1.24. The van der Waals surface area contributed by atoms with Crippen molar-refractivity contribution in [2.75, 3.05) is 0 Å². The molecule has 110 valence electrons. The number of rotatable bonds is 4. The lowest BCUT2D eigenvalue weighted by atomic mass is 10.1. The molecule has 0 unspecified atom stereocenters. The monoisotopic (exact) mass is 314 g/mol. The molecule has 2 heterocycles. The molecule has 0 saturated carbocycles. The topological polar surface area (TPSA) is 99.6 Å². The SMILES string of the molecule is Cn1nnnc1Sc1ccc([N+](=O)[O-])c(-c2ccccc2)n1. The van der Waals surface area contributed by atoms with Crippen molar-refractivity contribution in [1.29, 1.82) is 0 Å². The molecule has 0 atom stereocenters. The number of nitro groups is 1. The van der Waals surface area contributed by atoms with Gasteiger partial charge in [0.25, 0.3) is 5.69 Å². The third kappa shape index (κ3) is 2.79. The minimum atomic E-state index is -0.437. The summed E-state index contributed by atoms with van der Waals surface area (Å²) in [4.78, 5) is 15.2. The van der Waals surface area contributed by atoms with Gasteiger partial charge in [0, 0.05) is 18.7 Å². The number of hydrogen-bond donors (Lipinski definition) is 0. The molecule has 0 bridgehead atoms. The van der Waals surface area contributed by atoms with Gasteiger partial charge in [-0.1, -0.05) is 30.3 Å². The normalized spacial score (nSPS) is 10.6. The Morgan fingerprint density at radius 3 is 2.59 bits per heavy atom. The van der Waals surface area contributed by atoms with Gasteiger partial charge in [0.2, 0.25) is 5.16 Å². The minimum absolute atomic E-state index is 0.0355. The van der Waals surface area contributed by atoms with E-state index >= 15 is 0 Å². The molecule has 22 heavy (non-hydrogen) atoms. The van der Waals surface area contributed by atoms with Crippen LogP contribution >= 0.6 is 11.8 Å². The predicted octanol–water partition coefficient (Wildman–Crippen LogP) is 2.33. The van der Waals surface area contributed by atoms with E-state index in [2.05, 4.69) is 20.5 Å². The average Bonchev–Trinajstić information content (AvgIpc) is 2.93. The van der Waals surface area contributed by atoms with Crippen molar-refractivity contribution in [3.63, 3.8) is 0 Å². The van der Waals surface area contributed by atoms with Crippen molar-refractivity contribution >= 4 is 17.4 Å². The predicted molar refractivity (Wildman–Crippen MR) is 79.2 cm³/mol. The van der Waals surface area contributed by atoms with Gasteiger partial charge in [-0.15, -0.1) is 5.10 Å². The fourth-order valence-electron chi connectivity index (χ4n) is 1.85. The third-order valence-electron chi connectivity index (χ3n) is 2.87. The molecule has 3 rings (SSSR count). The van der Waals surface area contributed by atoms with E-state index in [0.29, 0.717) is 21.4 Å². The fraction of sp³-hybridized carbons (Fsp3) is 0.0769. The lowest BCUT2D eigenvalue weighted by molar-refractivity contribution is -0.384. The molecular weight excluding hydrogens is 304 g/mol. The molecule has 8 nitrogen and oxygen atoms in total. The number of hydrogen-bond acceptors (Lipinski definition) is 7. The molecule has 0 N–H and O–H groups in total. The zero-order valence-electron chi connectivity index (χ0n) is 11.4. The van der Waals surface area contributed by atoms with Gasteiger partial charge in [0.1, 0.15) is 10.7 Å². The summed E-state index contributed by atoms with van der Waals surface area (Å²) in [6.07, 6.45) is 0. The number of tetrazole rings is 1. The van der Waals surface area contributed by atoms with E-state index in [1.54, 1.807) is 25.2 Å². The first kappa shape index (κ1) is 14.1. The van der Waals surface area contributed by atoms with E-state index in [1.807, 2.05) is 18.2 Å². The van der Waals surface area contributed by atoms with Crippen LogP contribution in [-0.4, -0.2) is 30.1 Å². The molecule has 0 fully saturated rings. The highest BCUT2D eigenvalue weighted by atomic mass is 32.2. The molecule has 0 aliphatic heterocycles. The maximum absolute atomic E-state index is 11.2. The van der Waals surface area contributed by atoms with Crippen molar-refractivity contribution in [3.05, 3.63) is 52.6 Å². The van der Waals surface area contributed by atoms with Crippen LogP contribution in [0.25, 0.3) is 11.3 Å². The fourth-order valence-corrected chi connectivity index (χ4v) is 2.55. The number of benzene rings is 1. The quantitative estimate of drug-likeness (QED) is 0.538. The standard InChI is InChI=1S/C13H10N6O2S/c1-18-13(15-16-17-18)22-11-8-7-10(19(20)21)12(14-11)9-5-3-2-4-6-9/h2-8H,1H3. The summed E-state index contributed by atoms with van der Waals surface area (Å²) in [6.45, 7) is 0. The van der Waals surface area contributed by atoms with Crippen molar-refractivity contribution in [3.8, 4) is 11.3 Å². The number of pyridine rings is 1. The van der Waals surface area contributed by atoms with E-state index in [-0.39, 0.29) is 5.69 Å². The Morgan fingerprint density at radius 1 is 1.18 bits per heavy atom. The highest BCUT2D eigenvalue weighted by Crippen LogP contribution is 2.32. The van der Waals surface area contributed by atoms with Crippen molar-refractivity contribution in [1.82, 2.24) is 25.2 Å². The van der Waals surface area contributed by atoms with E-state index in [0.717, 1.165) is 0 Å². The Kier molecular flexibility index (Phi) is 3.79. The van der Waals surface area contributed by atoms with Crippen LogP contribution in [0.15, 0.2) is 52.6 Å². The first-order valence-corrected chi connectivity index (χ1v) is 7.08. The van der Waals surface area contributed by atoms with Crippen LogP contribution < -0.4 is 0 Å². The van der Waals surface area contributed by atoms with Gasteiger partial charge in [-0.2, -0.15) is 0 Å². The zero-order chi connectivity index (χ0) is 15.5. The Hall–Kier alpha value is -2.81. The van der Waals surface area contributed by atoms with Crippen LogP contribution in [0.4, 0.5) is 5.69 Å². The summed E-state index contributed by atoms with van der Waals surface area (Å²) in [6, 6.07) is 12.1. The first-order valence-electron chi connectivity index (χ1n) is 6.26. The molecule has 0 radical (unpaired) electrons. The van der Waals surface area contributed by atoms with Crippen LogP contribution in [0, 0.1) is 10.1 Å². The van der Waals surface area contributed by atoms with Crippen LogP contribution in [-0.2, 0) is 7.05 Å². The lowest BCUT2D eigenvalue weighted by Gasteiger charge is -2.05. The number of aromatic nitrogens is 5. The van der Waals surface area contributed by atoms with E-state index in [9.17, 15) is 10.1 Å². The maximum Gasteiger partial charge on any atom is 0.295 e. The second-order valence-corrected chi connectivity index (χ2v) is 5.32. The molecule has 0 aliphatic carbocycles. The van der Waals surface area contributed by atoms with Crippen molar-refractivity contribution < 1.29 is 4.92 Å². The Balaban J connectivity index is 2.04. The molecule has 0 aliphatic rings. The molecule has 1 aromatic carbocycles. The van der Waals surface area contributed by atoms with Crippen molar-refractivity contribution in [2.24, 2.45) is 7.05 Å². The largest absolute Gasteiger partial charge is 0.295 e. The molecule has 0 saturated heterocycles. The Bertz CT molecular complexity index is 820. The summed E-state index contributed by atoms with van der Waals surface area (Å²) in [5, 5.41) is 23.5. The minimum Gasteiger partial charge on any atom is -0.258 e. The molecule has 3 aromatic rings. The number of aryl methyl sites for hydroxylation is 1. The first-order chi connectivity index (χ1) is 10.6. The van der Waals surface area contributed by atoms with Crippen molar-refractivity contribution in [2.45, 2.75) is 10.2 Å². The summed E-state index contributed by atoms with van der Waals surface area (Å²) in [5.74, 6) is 0. The summed E-state index contributed by atoms with van der Waals surface area (Å²) in [5.41, 5.74) is 0.977. The maximum atomic E-state index is 11.2. The van der Waals surface area contributed by atoms with Crippen LogP contribution in [0.2, 0.25) is 0 Å².